The van der Waals surface area contributed by atoms with Crippen molar-refractivity contribution in [2.24, 2.45) is 11.7 Å². The fraction of sp³-hybridized carbons (Fsp3) is 0.455. The average molecular weight is 299 g/mol. The first-order valence-electron chi connectivity index (χ1n) is 6.13. The highest BCUT2D eigenvalue weighted by atomic mass is 16.4. The molecule has 0 aromatic carbocycles. The highest BCUT2D eigenvalue weighted by Crippen LogP contribution is 2.01. The van der Waals surface area contributed by atoms with Crippen LogP contribution < -0.4 is 22.7 Å². The number of hydrogen-bond donors (Lipinski definition) is 6. The van der Waals surface area contributed by atoms with Gasteiger partial charge in [0.25, 0.3) is 5.56 Å². The van der Waals surface area contributed by atoms with Crippen LogP contribution in [0.1, 0.15) is 20.3 Å². The fourth-order valence-electron chi connectivity index (χ4n) is 1.57. The number of nitrogens with two attached hydrogens (primary N) is 1. The Kier molecular flexibility index (Phi) is 5.24. The predicted molar refractivity (Wildman–Crippen MR) is 75.2 cm³/mol. The lowest BCUT2D eigenvalue weighted by atomic mass is 10.1. The maximum absolute atomic E-state index is 10.9. The number of H-pyrrole nitrogens is 4. The van der Waals surface area contributed by atoms with E-state index in [1.165, 1.54) is 0 Å². The molecule has 0 radical (unpaired) electrons. The molecule has 0 spiro atoms. The standard InChI is InChI=1S/C6H13NO2.C5H4N4O3/c1-4(2)3-5(7)6(8)9;10-3-1-2(7-4(11)6-1)8-5(12)9-3/h4-5H,3,7H2,1-2H3,(H,8,9);(H4,6,7,8,9,10,11,12)/t5-;/m0./s1. The average Bonchev–Trinajstić information content (AvgIpc) is 2.69. The van der Waals surface area contributed by atoms with Crippen molar-refractivity contribution in [2.75, 3.05) is 0 Å². The molecule has 0 fully saturated rings. The van der Waals surface area contributed by atoms with E-state index in [4.69, 9.17) is 10.8 Å². The highest BCUT2D eigenvalue weighted by molar-refractivity contribution is 5.73. The van der Waals surface area contributed by atoms with E-state index in [1.54, 1.807) is 0 Å². The van der Waals surface area contributed by atoms with Gasteiger partial charge in [-0.3, -0.25) is 29.5 Å². The molecule has 2 rings (SSSR count). The van der Waals surface area contributed by atoms with Gasteiger partial charge in [-0.05, 0) is 12.3 Å². The minimum Gasteiger partial charge on any atom is -0.480 e. The van der Waals surface area contributed by atoms with Gasteiger partial charge in [-0.1, -0.05) is 13.8 Å². The van der Waals surface area contributed by atoms with Gasteiger partial charge in [0.2, 0.25) is 0 Å². The topological polar surface area (TPSA) is 178 Å². The number of aromatic nitrogens is 4. The Hall–Kier alpha value is -2.62. The number of aromatic amines is 4. The van der Waals surface area contributed by atoms with Crippen molar-refractivity contribution in [3.8, 4) is 0 Å². The van der Waals surface area contributed by atoms with Gasteiger partial charge in [0.05, 0.1) is 0 Å². The lowest BCUT2D eigenvalue weighted by molar-refractivity contribution is -0.138. The highest BCUT2D eigenvalue weighted by Gasteiger charge is 2.11. The summed E-state index contributed by atoms with van der Waals surface area (Å²) in [6.07, 6.45) is 0.551. The molecule has 0 aliphatic heterocycles. The van der Waals surface area contributed by atoms with Crippen LogP contribution in [0, 0.1) is 5.92 Å². The summed E-state index contributed by atoms with van der Waals surface area (Å²) in [4.78, 5) is 51.1. The lowest BCUT2D eigenvalue weighted by Gasteiger charge is -2.07. The van der Waals surface area contributed by atoms with Gasteiger partial charge in [-0.2, -0.15) is 0 Å². The Morgan fingerprint density at radius 3 is 2.05 bits per heavy atom. The SMILES string of the molecule is CC(C)C[C@H](N)C(=O)O.O=c1[nH]c(=O)c2[nH]c(=O)[nH]c2[nH]1. The number of rotatable bonds is 3. The van der Waals surface area contributed by atoms with Crippen LogP contribution in [0.15, 0.2) is 14.4 Å². The van der Waals surface area contributed by atoms with Crippen molar-refractivity contribution in [2.45, 2.75) is 26.3 Å². The molecule has 10 heteroatoms. The summed E-state index contributed by atoms with van der Waals surface area (Å²) in [5.74, 6) is -0.556. The van der Waals surface area contributed by atoms with E-state index >= 15 is 0 Å². The smallest absolute Gasteiger partial charge is 0.327 e. The number of aliphatic carboxylic acids is 1. The van der Waals surface area contributed by atoms with Crippen LogP contribution in [-0.4, -0.2) is 37.1 Å². The third-order valence-corrected chi connectivity index (χ3v) is 2.46. The number of fused-ring (bicyclic) bond motifs is 1. The molecule has 1 atom stereocenters. The number of carboxylic acid groups (broad SMARTS) is 1. The van der Waals surface area contributed by atoms with Crippen LogP contribution in [0.5, 0.6) is 0 Å². The van der Waals surface area contributed by atoms with Gasteiger partial charge in [-0.25, -0.2) is 9.59 Å². The van der Waals surface area contributed by atoms with Crippen molar-refractivity contribution in [1.82, 2.24) is 19.9 Å². The van der Waals surface area contributed by atoms with E-state index in [0.29, 0.717) is 12.3 Å². The minimum absolute atomic E-state index is 0.0413. The van der Waals surface area contributed by atoms with Crippen LogP contribution in [0.2, 0.25) is 0 Å². The lowest BCUT2D eigenvalue weighted by Crippen LogP contribution is -2.31. The number of carbonyl (C=O) groups is 1. The number of imidazole rings is 1. The van der Waals surface area contributed by atoms with Gasteiger partial charge < -0.3 is 10.8 Å². The quantitative estimate of drug-likeness (QED) is 0.409. The molecule has 10 nitrogen and oxygen atoms in total. The second-order valence-corrected chi connectivity index (χ2v) is 4.81. The number of carboxylic acids is 1. The zero-order chi connectivity index (χ0) is 16.2. The summed E-state index contributed by atoms with van der Waals surface area (Å²) < 4.78 is 0. The Morgan fingerprint density at radius 2 is 1.62 bits per heavy atom. The molecule has 0 amide bonds. The first kappa shape index (κ1) is 16.4. The summed E-state index contributed by atoms with van der Waals surface area (Å²) in [6, 6.07) is -0.690. The molecule has 0 bridgehead atoms. The molecule has 0 aliphatic rings. The van der Waals surface area contributed by atoms with Crippen LogP contribution in [0.3, 0.4) is 0 Å². The molecule has 2 heterocycles. The van der Waals surface area contributed by atoms with Crippen LogP contribution in [-0.2, 0) is 4.79 Å². The molecule has 21 heavy (non-hydrogen) atoms. The van der Waals surface area contributed by atoms with Crippen molar-refractivity contribution < 1.29 is 9.90 Å². The molecule has 0 saturated heterocycles. The molecular weight excluding hydrogens is 282 g/mol. The monoisotopic (exact) mass is 299 g/mol. The van der Waals surface area contributed by atoms with Crippen LogP contribution >= 0.6 is 0 Å². The van der Waals surface area contributed by atoms with Gasteiger partial charge in [0.1, 0.15) is 17.2 Å². The maximum Gasteiger partial charge on any atom is 0.327 e. The first-order chi connectivity index (χ1) is 9.70. The predicted octanol–water partition coefficient (Wildman–Crippen LogP) is -1.32. The van der Waals surface area contributed by atoms with Gasteiger partial charge >= 0.3 is 17.3 Å². The first-order valence-corrected chi connectivity index (χ1v) is 6.13. The second kappa shape index (κ2) is 6.70. The molecule has 0 saturated carbocycles. The van der Waals surface area contributed by atoms with Gasteiger partial charge in [0.15, 0.2) is 0 Å². The van der Waals surface area contributed by atoms with E-state index in [9.17, 15) is 19.2 Å². The van der Waals surface area contributed by atoms with Crippen molar-refractivity contribution >= 4 is 17.1 Å². The van der Waals surface area contributed by atoms with E-state index in [1.807, 2.05) is 18.8 Å². The van der Waals surface area contributed by atoms with E-state index in [-0.39, 0.29) is 11.2 Å². The Balaban J connectivity index is 0.000000222. The molecule has 2 aromatic rings. The van der Waals surface area contributed by atoms with Crippen molar-refractivity contribution in [3.63, 3.8) is 0 Å². The van der Waals surface area contributed by atoms with Crippen LogP contribution in [0.25, 0.3) is 11.2 Å². The van der Waals surface area contributed by atoms with E-state index in [2.05, 4.69) is 15.0 Å². The Morgan fingerprint density at radius 1 is 1.10 bits per heavy atom. The van der Waals surface area contributed by atoms with E-state index < -0.39 is 28.9 Å². The molecule has 0 aliphatic carbocycles. The second-order valence-electron chi connectivity index (χ2n) is 4.81. The van der Waals surface area contributed by atoms with Crippen molar-refractivity contribution in [1.29, 1.82) is 0 Å². The molecule has 116 valence electrons. The van der Waals surface area contributed by atoms with E-state index in [0.717, 1.165) is 0 Å². The van der Waals surface area contributed by atoms with Gasteiger partial charge in [-0.15, -0.1) is 0 Å². The fourth-order valence-corrected chi connectivity index (χ4v) is 1.57. The van der Waals surface area contributed by atoms with Crippen molar-refractivity contribution in [3.05, 3.63) is 31.3 Å². The summed E-state index contributed by atoms with van der Waals surface area (Å²) in [6.45, 7) is 3.89. The van der Waals surface area contributed by atoms with Gasteiger partial charge in [0, 0.05) is 0 Å². The summed E-state index contributed by atoms with van der Waals surface area (Å²) in [5, 5.41) is 8.31. The zero-order valence-electron chi connectivity index (χ0n) is 11.5. The number of hydrogen-bond acceptors (Lipinski definition) is 5. The molecular formula is C11H17N5O5. The largest absolute Gasteiger partial charge is 0.480 e. The number of nitrogens with one attached hydrogen (secondary N) is 4. The summed E-state index contributed by atoms with van der Waals surface area (Å²) >= 11 is 0. The summed E-state index contributed by atoms with van der Waals surface area (Å²) in [5.41, 5.74) is 3.57. The Labute approximate surface area is 117 Å². The third-order valence-electron chi connectivity index (χ3n) is 2.46. The molecule has 7 N–H and O–H groups in total. The zero-order valence-corrected chi connectivity index (χ0v) is 11.5. The minimum atomic E-state index is -0.913. The third kappa shape index (κ3) is 4.76. The normalized spacial score (nSPS) is 12.0. The molecule has 0 unspecified atom stereocenters. The molecule has 2 aromatic heterocycles. The summed E-state index contributed by atoms with van der Waals surface area (Å²) in [7, 11) is 0. The Bertz CT molecular complexity index is 780. The van der Waals surface area contributed by atoms with Crippen LogP contribution in [0.4, 0.5) is 0 Å². The maximum atomic E-state index is 10.9.